The molecule has 1 aromatic rings. The van der Waals surface area contributed by atoms with E-state index in [1.165, 1.54) is 31.4 Å². The van der Waals surface area contributed by atoms with E-state index in [4.69, 9.17) is 0 Å². The molecule has 0 spiro atoms. The molecule has 6 heteroatoms. The largest absolute Gasteiger partial charge is 0.396 e. The normalized spacial score (nSPS) is 22.2. The summed E-state index contributed by atoms with van der Waals surface area (Å²) >= 11 is 3.38. The Morgan fingerprint density at radius 2 is 2.05 bits per heavy atom. The number of benzene rings is 1. The van der Waals surface area contributed by atoms with Crippen molar-refractivity contribution in [1.29, 1.82) is 0 Å². The number of nitrogens with one attached hydrogen (secondary N) is 1. The molecule has 1 aromatic carbocycles. The lowest BCUT2D eigenvalue weighted by Crippen LogP contribution is -2.32. The van der Waals surface area contributed by atoms with E-state index in [0.717, 1.165) is 23.0 Å². The van der Waals surface area contributed by atoms with Crippen LogP contribution >= 0.6 is 15.9 Å². The number of aliphatic hydroxyl groups is 1. The molecule has 5 nitrogen and oxygen atoms in total. The summed E-state index contributed by atoms with van der Waals surface area (Å²) in [6.07, 6.45) is 4.74. The highest BCUT2D eigenvalue weighted by Crippen LogP contribution is 2.29. The fraction of sp³-hybridized carbons (Fsp3) is 0.600. The maximum Gasteiger partial charge on any atom is 0.270 e. The Labute approximate surface area is 133 Å². The van der Waals surface area contributed by atoms with E-state index in [2.05, 4.69) is 21.2 Å². The van der Waals surface area contributed by atoms with Crippen LogP contribution in [0.2, 0.25) is 0 Å². The van der Waals surface area contributed by atoms with Crippen LogP contribution in [0, 0.1) is 22.0 Å². The van der Waals surface area contributed by atoms with Crippen LogP contribution in [0.3, 0.4) is 0 Å². The average Bonchev–Trinajstić information content (AvgIpc) is 2.49. The van der Waals surface area contributed by atoms with Gasteiger partial charge in [0.15, 0.2) is 0 Å². The quantitative estimate of drug-likeness (QED) is 0.605. The monoisotopic (exact) mass is 356 g/mol. The summed E-state index contributed by atoms with van der Waals surface area (Å²) in [5.41, 5.74) is 1.11. The molecule has 2 N–H and O–H groups in total. The van der Waals surface area contributed by atoms with Crippen molar-refractivity contribution in [2.45, 2.75) is 32.2 Å². The van der Waals surface area contributed by atoms with Crippen LogP contribution in [-0.2, 0) is 6.54 Å². The maximum absolute atomic E-state index is 10.7. The number of rotatable bonds is 6. The van der Waals surface area contributed by atoms with E-state index in [1.807, 2.05) is 0 Å². The van der Waals surface area contributed by atoms with Gasteiger partial charge in [-0.15, -0.1) is 0 Å². The highest BCUT2D eigenvalue weighted by atomic mass is 79.9. The second-order valence-corrected chi connectivity index (χ2v) is 6.51. The summed E-state index contributed by atoms with van der Waals surface area (Å²) in [4.78, 5) is 10.3. The van der Waals surface area contributed by atoms with Gasteiger partial charge in [0.25, 0.3) is 5.69 Å². The van der Waals surface area contributed by atoms with E-state index in [-0.39, 0.29) is 12.3 Å². The number of halogens is 1. The molecule has 0 aromatic heterocycles. The second-order valence-electron chi connectivity index (χ2n) is 5.65. The molecule has 0 saturated heterocycles. The van der Waals surface area contributed by atoms with Gasteiger partial charge < -0.3 is 10.4 Å². The number of non-ortho nitro benzene ring substituents is 1. The molecule has 1 fully saturated rings. The van der Waals surface area contributed by atoms with Gasteiger partial charge in [-0.2, -0.15) is 0 Å². The molecule has 0 heterocycles. The van der Waals surface area contributed by atoms with Crippen molar-refractivity contribution in [2.24, 2.45) is 11.8 Å². The summed E-state index contributed by atoms with van der Waals surface area (Å²) < 4.78 is 0.756. The van der Waals surface area contributed by atoms with Gasteiger partial charge in [-0.3, -0.25) is 10.1 Å². The summed E-state index contributed by atoms with van der Waals surface area (Å²) in [5, 5.41) is 23.5. The summed E-state index contributed by atoms with van der Waals surface area (Å²) in [6.45, 7) is 1.83. The Hall–Kier alpha value is -0.980. The minimum atomic E-state index is -0.393. The maximum atomic E-state index is 10.7. The van der Waals surface area contributed by atoms with E-state index < -0.39 is 4.92 Å². The molecule has 0 radical (unpaired) electrons. The van der Waals surface area contributed by atoms with E-state index in [9.17, 15) is 15.2 Å². The van der Waals surface area contributed by atoms with E-state index >= 15 is 0 Å². The lowest BCUT2D eigenvalue weighted by Gasteiger charge is -2.30. The third-order valence-electron chi connectivity index (χ3n) is 4.27. The smallest absolute Gasteiger partial charge is 0.270 e. The third-order valence-corrected chi connectivity index (χ3v) is 5.01. The molecule has 1 saturated carbocycles. The molecule has 1 aliphatic rings. The Morgan fingerprint density at radius 3 is 2.67 bits per heavy atom. The first kappa shape index (κ1) is 16.4. The summed E-state index contributed by atoms with van der Waals surface area (Å²) in [7, 11) is 0. The van der Waals surface area contributed by atoms with Crippen molar-refractivity contribution in [3.8, 4) is 0 Å². The topological polar surface area (TPSA) is 75.4 Å². The minimum Gasteiger partial charge on any atom is -0.396 e. The first-order chi connectivity index (χ1) is 10.1. The number of aliphatic hydroxyl groups excluding tert-OH is 1. The SMILES string of the molecule is O=[N+]([O-])c1ccc(CNCC2CCCCC2CO)c(Br)c1. The third kappa shape index (κ3) is 4.49. The lowest BCUT2D eigenvalue weighted by molar-refractivity contribution is -0.384. The van der Waals surface area contributed by atoms with Gasteiger partial charge in [0, 0.05) is 29.8 Å². The number of hydrogen-bond donors (Lipinski definition) is 2. The van der Waals surface area contributed by atoms with Crippen LogP contribution in [0.1, 0.15) is 31.2 Å². The zero-order chi connectivity index (χ0) is 15.2. The first-order valence-corrected chi connectivity index (χ1v) is 8.15. The summed E-state index contributed by atoms with van der Waals surface area (Å²) in [5.74, 6) is 0.937. The van der Waals surface area contributed by atoms with Crippen LogP contribution in [-0.4, -0.2) is 23.2 Å². The van der Waals surface area contributed by atoms with Crippen LogP contribution in [0.25, 0.3) is 0 Å². The van der Waals surface area contributed by atoms with Crippen molar-refractivity contribution < 1.29 is 10.0 Å². The van der Waals surface area contributed by atoms with Gasteiger partial charge in [0.05, 0.1) is 4.92 Å². The molecule has 0 bridgehead atoms. The Balaban J connectivity index is 1.87. The number of hydrogen-bond acceptors (Lipinski definition) is 4. The van der Waals surface area contributed by atoms with Crippen molar-refractivity contribution in [3.63, 3.8) is 0 Å². The average molecular weight is 357 g/mol. The number of nitrogens with zero attached hydrogens (tertiary/aromatic N) is 1. The molecule has 2 atom stereocenters. The molecule has 1 aliphatic carbocycles. The molecular weight excluding hydrogens is 336 g/mol. The predicted molar refractivity (Wildman–Crippen MR) is 85.0 cm³/mol. The molecular formula is C15H21BrN2O3. The van der Waals surface area contributed by atoms with Crippen LogP contribution in [0.4, 0.5) is 5.69 Å². The van der Waals surface area contributed by atoms with Gasteiger partial charge >= 0.3 is 0 Å². The van der Waals surface area contributed by atoms with Gasteiger partial charge in [0.1, 0.15) is 0 Å². The van der Waals surface area contributed by atoms with Crippen molar-refractivity contribution in [2.75, 3.05) is 13.2 Å². The van der Waals surface area contributed by atoms with Crippen LogP contribution in [0.15, 0.2) is 22.7 Å². The Morgan fingerprint density at radius 1 is 1.33 bits per heavy atom. The van der Waals surface area contributed by atoms with Gasteiger partial charge in [0.2, 0.25) is 0 Å². The minimum absolute atomic E-state index is 0.0956. The lowest BCUT2D eigenvalue weighted by atomic mass is 9.79. The highest BCUT2D eigenvalue weighted by molar-refractivity contribution is 9.10. The predicted octanol–water partition coefficient (Wildman–Crippen LogP) is 3.25. The van der Waals surface area contributed by atoms with Gasteiger partial charge in [-0.05, 0) is 42.9 Å². The van der Waals surface area contributed by atoms with Gasteiger partial charge in [-0.1, -0.05) is 28.8 Å². The highest BCUT2D eigenvalue weighted by Gasteiger charge is 2.23. The Bertz CT molecular complexity index is 496. The van der Waals surface area contributed by atoms with Crippen molar-refractivity contribution in [3.05, 3.63) is 38.3 Å². The zero-order valence-corrected chi connectivity index (χ0v) is 13.5. The number of nitro benzene ring substituents is 1. The van der Waals surface area contributed by atoms with Crippen molar-refractivity contribution >= 4 is 21.6 Å². The molecule has 116 valence electrons. The summed E-state index contributed by atoms with van der Waals surface area (Å²) in [6, 6.07) is 4.84. The van der Waals surface area contributed by atoms with E-state index in [1.54, 1.807) is 6.07 Å². The standard InChI is InChI=1S/C15H21BrN2O3/c16-15-7-14(18(20)21)6-5-12(15)9-17-8-11-3-1-2-4-13(11)10-19/h5-7,11,13,17,19H,1-4,8-10H2. The van der Waals surface area contributed by atoms with Gasteiger partial charge in [-0.25, -0.2) is 0 Å². The fourth-order valence-electron chi connectivity index (χ4n) is 2.98. The Kier molecular flexibility index (Phi) is 6.14. The van der Waals surface area contributed by atoms with Crippen LogP contribution < -0.4 is 5.32 Å². The first-order valence-electron chi connectivity index (χ1n) is 7.36. The molecule has 21 heavy (non-hydrogen) atoms. The van der Waals surface area contributed by atoms with E-state index in [0.29, 0.717) is 18.4 Å². The molecule has 0 amide bonds. The molecule has 2 unspecified atom stereocenters. The fourth-order valence-corrected chi connectivity index (χ4v) is 3.49. The molecule has 2 rings (SSSR count). The zero-order valence-electron chi connectivity index (χ0n) is 11.9. The van der Waals surface area contributed by atoms with Crippen LogP contribution in [0.5, 0.6) is 0 Å². The van der Waals surface area contributed by atoms with Crippen molar-refractivity contribution in [1.82, 2.24) is 5.32 Å². The second kappa shape index (κ2) is 7.87. The molecule has 0 aliphatic heterocycles. The number of nitro groups is 1.